The number of nitrogens with one attached hydrogen (secondary N) is 2. The van der Waals surface area contributed by atoms with Crippen LogP contribution in [0, 0.1) is 0 Å². The third-order valence-electron chi connectivity index (χ3n) is 4.04. The van der Waals surface area contributed by atoms with E-state index in [4.69, 9.17) is 9.73 Å². The standard InChI is InChI=1S/C18H32N4O.HI/c1-7-19-17(21-14-18(2,3)22(4)5)20-13-12-15-8-10-16(23-6)11-9-15;/h8-11H,7,12-14H2,1-6H3,(H2,19,20,21);1H. The van der Waals surface area contributed by atoms with Crippen molar-refractivity contribution in [1.82, 2.24) is 15.5 Å². The topological polar surface area (TPSA) is 48.9 Å². The third kappa shape index (κ3) is 8.19. The van der Waals surface area contributed by atoms with Gasteiger partial charge in [-0.2, -0.15) is 0 Å². The molecule has 24 heavy (non-hydrogen) atoms. The molecule has 1 rings (SSSR count). The summed E-state index contributed by atoms with van der Waals surface area (Å²) in [6, 6.07) is 8.18. The molecule has 0 aliphatic carbocycles. The van der Waals surface area contributed by atoms with Gasteiger partial charge in [0.1, 0.15) is 5.75 Å². The van der Waals surface area contributed by atoms with Gasteiger partial charge >= 0.3 is 0 Å². The van der Waals surface area contributed by atoms with Crippen LogP contribution in [0.4, 0.5) is 0 Å². The first-order chi connectivity index (χ1) is 10.9. The van der Waals surface area contributed by atoms with Crippen molar-refractivity contribution in [3.63, 3.8) is 0 Å². The van der Waals surface area contributed by atoms with E-state index < -0.39 is 0 Å². The van der Waals surface area contributed by atoms with Crippen LogP contribution in [0.15, 0.2) is 29.3 Å². The fourth-order valence-corrected chi connectivity index (χ4v) is 1.87. The fraction of sp³-hybridized carbons (Fsp3) is 0.611. The summed E-state index contributed by atoms with van der Waals surface area (Å²) in [5.74, 6) is 1.76. The number of methoxy groups -OCH3 is 1. The Morgan fingerprint density at radius 2 is 1.79 bits per heavy atom. The van der Waals surface area contributed by atoms with Gasteiger partial charge in [-0.1, -0.05) is 12.1 Å². The molecule has 0 radical (unpaired) electrons. The first-order valence-electron chi connectivity index (χ1n) is 8.21. The van der Waals surface area contributed by atoms with Crippen molar-refractivity contribution < 1.29 is 4.74 Å². The minimum atomic E-state index is 0. The van der Waals surface area contributed by atoms with Gasteiger partial charge in [0.25, 0.3) is 0 Å². The Hall–Kier alpha value is -1.02. The molecule has 0 heterocycles. The molecule has 0 aliphatic rings. The van der Waals surface area contributed by atoms with Gasteiger partial charge in [-0.25, -0.2) is 0 Å². The molecule has 0 fully saturated rings. The van der Waals surface area contributed by atoms with Crippen molar-refractivity contribution in [3.8, 4) is 5.75 Å². The van der Waals surface area contributed by atoms with Gasteiger partial charge in [0.15, 0.2) is 5.96 Å². The molecule has 0 saturated heterocycles. The van der Waals surface area contributed by atoms with Crippen LogP contribution in [0.3, 0.4) is 0 Å². The van der Waals surface area contributed by atoms with Crippen LogP contribution in [0.2, 0.25) is 0 Å². The Labute approximate surface area is 164 Å². The first kappa shape index (κ1) is 23.0. The summed E-state index contributed by atoms with van der Waals surface area (Å²) in [6.07, 6.45) is 0.950. The number of hydrogen-bond acceptors (Lipinski definition) is 3. The average molecular weight is 448 g/mol. The minimum Gasteiger partial charge on any atom is -0.497 e. The molecule has 0 aliphatic heterocycles. The lowest BCUT2D eigenvalue weighted by atomic mass is 10.1. The predicted molar refractivity (Wildman–Crippen MR) is 114 cm³/mol. The van der Waals surface area contributed by atoms with Gasteiger partial charge in [0.05, 0.1) is 13.7 Å². The van der Waals surface area contributed by atoms with Gasteiger partial charge in [0.2, 0.25) is 0 Å². The van der Waals surface area contributed by atoms with E-state index in [1.807, 2.05) is 12.1 Å². The van der Waals surface area contributed by atoms with E-state index in [0.29, 0.717) is 0 Å². The van der Waals surface area contributed by atoms with E-state index in [2.05, 4.69) is 62.5 Å². The van der Waals surface area contributed by atoms with Crippen LogP contribution in [0.1, 0.15) is 26.3 Å². The molecule has 6 heteroatoms. The van der Waals surface area contributed by atoms with E-state index in [0.717, 1.165) is 37.8 Å². The monoisotopic (exact) mass is 448 g/mol. The number of guanidine groups is 1. The molecular weight excluding hydrogens is 415 g/mol. The number of benzene rings is 1. The molecule has 0 atom stereocenters. The van der Waals surface area contributed by atoms with Crippen LogP contribution in [0.5, 0.6) is 5.75 Å². The number of halogens is 1. The highest BCUT2D eigenvalue weighted by Gasteiger charge is 2.19. The second kappa shape index (κ2) is 11.5. The van der Waals surface area contributed by atoms with Crippen molar-refractivity contribution in [2.75, 3.05) is 40.8 Å². The zero-order valence-electron chi connectivity index (χ0n) is 15.8. The van der Waals surface area contributed by atoms with Gasteiger partial charge in [-0.3, -0.25) is 4.99 Å². The maximum Gasteiger partial charge on any atom is 0.191 e. The second-order valence-electron chi connectivity index (χ2n) is 6.43. The summed E-state index contributed by atoms with van der Waals surface area (Å²) in [5, 5.41) is 6.70. The normalized spacial score (nSPS) is 11.9. The van der Waals surface area contributed by atoms with E-state index >= 15 is 0 Å². The molecule has 0 spiro atoms. The molecule has 0 saturated carbocycles. The Balaban J connectivity index is 0.00000529. The smallest absolute Gasteiger partial charge is 0.191 e. The highest BCUT2D eigenvalue weighted by atomic mass is 127. The van der Waals surface area contributed by atoms with Crippen molar-refractivity contribution >= 4 is 29.9 Å². The summed E-state index contributed by atoms with van der Waals surface area (Å²) >= 11 is 0. The van der Waals surface area contributed by atoms with Gasteiger partial charge < -0.3 is 20.3 Å². The van der Waals surface area contributed by atoms with Crippen LogP contribution < -0.4 is 15.4 Å². The Bertz CT molecular complexity index is 486. The van der Waals surface area contributed by atoms with Gasteiger partial charge in [0, 0.05) is 18.6 Å². The van der Waals surface area contributed by atoms with E-state index in [1.54, 1.807) is 7.11 Å². The lowest BCUT2D eigenvalue weighted by molar-refractivity contribution is 0.204. The maximum absolute atomic E-state index is 5.18. The van der Waals surface area contributed by atoms with Gasteiger partial charge in [-0.15, -0.1) is 24.0 Å². The highest BCUT2D eigenvalue weighted by molar-refractivity contribution is 14.0. The lowest BCUT2D eigenvalue weighted by Gasteiger charge is -2.31. The Morgan fingerprint density at radius 1 is 1.17 bits per heavy atom. The molecule has 1 aromatic rings. The number of aliphatic imine (C=N–C) groups is 1. The van der Waals surface area contributed by atoms with Crippen LogP contribution in [-0.2, 0) is 6.42 Å². The van der Waals surface area contributed by atoms with Gasteiger partial charge in [-0.05, 0) is 59.0 Å². The molecule has 0 unspecified atom stereocenters. The molecule has 0 bridgehead atoms. The number of nitrogens with zero attached hydrogens (tertiary/aromatic N) is 2. The minimum absolute atomic E-state index is 0. The number of hydrogen-bond donors (Lipinski definition) is 2. The summed E-state index contributed by atoms with van der Waals surface area (Å²) in [5.41, 5.74) is 1.32. The first-order valence-corrected chi connectivity index (χ1v) is 8.21. The molecule has 0 amide bonds. The molecule has 1 aromatic carbocycles. The predicted octanol–water partition coefficient (Wildman–Crippen LogP) is 2.75. The van der Waals surface area contributed by atoms with Crippen molar-refractivity contribution in [3.05, 3.63) is 29.8 Å². The van der Waals surface area contributed by atoms with Crippen LogP contribution in [0.25, 0.3) is 0 Å². The van der Waals surface area contributed by atoms with Crippen LogP contribution in [-0.4, -0.2) is 57.2 Å². The summed E-state index contributed by atoms with van der Waals surface area (Å²) in [4.78, 5) is 6.89. The van der Waals surface area contributed by atoms with Crippen molar-refractivity contribution in [2.24, 2.45) is 4.99 Å². The molecule has 0 aromatic heterocycles. The zero-order chi connectivity index (χ0) is 17.3. The number of ether oxygens (including phenoxy) is 1. The largest absolute Gasteiger partial charge is 0.497 e. The Morgan fingerprint density at radius 3 is 2.29 bits per heavy atom. The molecule has 2 N–H and O–H groups in total. The summed E-state index contributed by atoms with van der Waals surface area (Å²) < 4.78 is 5.18. The zero-order valence-corrected chi connectivity index (χ0v) is 18.2. The maximum atomic E-state index is 5.18. The lowest BCUT2D eigenvalue weighted by Crippen LogP contribution is -2.44. The SMILES string of the molecule is CCNC(=NCC(C)(C)N(C)C)NCCc1ccc(OC)cc1.I. The van der Waals surface area contributed by atoms with Crippen molar-refractivity contribution in [2.45, 2.75) is 32.7 Å². The van der Waals surface area contributed by atoms with Crippen LogP contribution >= 0.6 is 24.0 Å². The highest BCUT2D eigenvalue weighted by Crippen LogP contribution is 2.11. The molecule has 5 nitrogen and oxygen atoms in total. The second-order valence-corrected chi connectivity index (χ2v) is 6.43. The molecular formula is C18H33IN4O. The summed E-state index contributed by atoms with van der Waals surface area (Å²) in [7, 11) is 5.85. The fourth-order valence-electron chi connectivity index (χ4n) is 1.87. The quantitative estimate of drug-likeness (QED) is 0.365. The Kier molecular flexibility index (Phi) is 11.0. The molecule has 138 valence electrons. The van der Waals surface area contributed by atoms with E-state index in [-0.39, 0.29) is 29.5 Å². The average Bonchev–Trinajstić information content (AvgIpc) is 2.53. The van der Waals surface area contributed by atoms with E-state index in [1.165, 1.54) is 5.56 Å². The van der Waals surface area contributed by atoms with Crippen molar-refractivity contribution in [1.29, 1.82) is 0 Å². The van der Waals surface area contributed by atoms with E-state index in [9.17, 15) is 0 Å². The number of rotatable bonds is 8. The summed E-state index contributed by atoms with van der Waals surface area (Å²) in [6.45, 7) is 8.92. The number of likely N-dealkylation sites (N-methyl/N-ethyl adjacent to an activating group) is 1. The third-order valence-corrected chi connectivity index (χ3v) is 4.04.